The average molecular weight is 236 g/mol. The molecule has 16 heavy (non-hydrogen) atoms. The van der Waals surface area contributed by atoms with E-state index in [0.717, 1.165) is 17.1 Å². The Balaban J connectivity index is 1.90. The zero-order chi connectivity index (χ0) is 11.4. The van der Waals surface area contributed by atoms with Crippen LogP contribution in [0.25, 0.3) is 0 Å². The third kappa shape index (κ3) is 2.84. The van der Waals surface area contributed by atoms with Crippen LogP contribution in [0.1, 0.15) is 24.1 Å². The Bertz CT molecular complexity index is 422. The Kier molecular flexibility index (Phi) is 3.59. The Morgan fingerprint density at radius 1 is 1.38 bits per heavy atom. The van der Waals surface area contributed by atoms with Crippen LogP contribution >= 0.6 is 11.6 Å². The summed E-state index contributed by atoms with van der Waals surface area (Å²) >= 11 is 5.82. The van der Waals surface area contributed by atoms with Gasteiger partial charge >= 0.3 is 0 Å². The second-order valence-electron chi connectivity index (χ2n) is 3.76. The van der Waals surface area contributed by atoms with Gasteiger partial charge in [0, 0.05) is 29.4 Å². The van der Waals surface area contributed by atoms with Crippen LogP contribution in [-0.4, -0.2) is 10.2 Å². The van der Waals surface area contributed by atoms with Crippen LogP contribution in [0.5, 0.6) is 0 Å². The second kappa shape index (κ2) is 5.14. The molecule has 0 radical (unpaired) electrons. The summed E-state index contributed by atoms with van der Waals surface area (Å²) in [6, 6.07) is 8.14. The van der Waals surface area contributed by atoms with E-state index < -0.39 is 0 Å². The van der Waals surface area contributed by atoms with Crippen molar-refractivity contribution in [3.63, 3.8) is 0 Å². The third-order valence-corrected chi connectivity index (χ3v) is 2.80. The first-order chi connectivity index (χ1) is 7.75. The molecule has 1 unspecified atom stereocenters. The molecule has 0 aliphatic carbocycles. The predicted molar refractivity (Wildman–Crippen MR) is 65.3 cm³/mol. The Morgan fingerprint density at radius 3 is 2.75 bits per heavy atom. The van der Waals surface area contributed by atoms with Gasteiger partial charge in [0.2, 0.25) is 0 Å². The molecule has 0 aliphatic heterocycles. The molecule has 4 heteroatoms. The molecule has 0 amide bonds. The fourth-order valence-corrected chi connectivity index (χ4v) is 1.61. The van der Waals surface area contributed by atoms with Crippen LogP contribution in [0.4, 0.5) is 0 Å². The topological polar surface area (TPSA) is 40.7 Å². The molecule has 0 saturated heterocycles. The molecule has 1 aromatic heterocycles. The van der Waals surface area contributed by atoms with Gasteiger partial charge in [-0.1, -0.05) is 23.7 Å². The summed E-state index contributed by atoms with van der Waals surface area (Å²) in [5.41, 5.74) is 2.38. The fraction of sp³-hybridized carbons (Fsp3) is 0.250. The molecule has 0 aliphatic rings. The van der Waals surface area contributed by atoms with Gasteiger partial charge in [0.05, 0.1) is 6.20 Å². The van der Waals surface area contributed by atoms with Crippen molar-refractivity contribution in [3.05, 3.63) is 52.8 Å². The van der Waals surface area contributed by atoms with Gasteiger partial charge in [-0.05, 0) is 24.6 Å². The molecule has 0 saturated carbocycles. The molecule has 0 spiro atoms. The maximum atomic E-state index is 5.82. The second-order valence-corrected chi connectivity index (χ2v) is 4.20. The third-order valence-electron chi connectivity index (χ3n) is 2.55. The highest BCUT2D eigenvalue weighted by molar-refractivity contribution is 6.30. The molecular weight excluding hydrogens is 222 g/mol. The van der Waals surface area contributed by atoms with Crippen molar-refractivity contribution in [2.45, 2.75) is 19.5 Å². The summed E-state index contributed by atoms with van der Waals surface area (Å²) in [5, 5.41) is 10.9. The van der Waals surface area contributed by atoms with E-state index in [4.69, 9.17) is 11.6 Å². The van der Waals surface area contributed by atoms with Crippen molar-refractivity contribution in [1.82, 2.24) is 15.5 Å². The Hall–Kier alpha value is -1.32. The number of halogens is 1. The van der Waals surface area contributed by atoms with Crippen LogP contribution in [0.15, 0.2) is 36.7 Å². The van der Waals surface area contributed by atoms with E-state index in [0.29, 0.717) is 0 Å². The number of hydrogen-bond donors (Lipinski definition) is 2. The van der Waals surface area contributed by atoms with E-state index in [1.54, 1.807) is 0 Å². The van der Waals surface area contributed by atoms with E-state index in [2.05, 4.69) is 22.4 Å². The normalized spacial score (nSPS) is 12.6. The molecule has 2 rings (SSSR count). The van der Waals surface area contributed by atoms with Gasteiger partial charge in [-0.25, -0.2) is 0 Å². The summed E-state index contributed by atoms with van der Waals surface area (Å²) in [7, 11) is 0. The number of aromatic amines is 1. The predicted octanol–water partition coefficient (Wildman–Crippen LogP) is 2.91. The van der Waals surface area contributed by atoms with Gasteiger partial charge in [-0.2, -0.15) is 5.10 Å². The molecule has 1 aromatic carbocycles. The lowest BCUT2D eigenvalue weighted by Gasteiger charge is -2.11. The number of hydrogen-bond acceptors (Lipinski definition) is 2. The van der Waals surface area contributed by atoms with E-state index in [1.807, 2.05) is 36.7 Å². The van der Waals surface area contributed by atoms with Crippen LogP contribution in [0, 0.1) is 0 Å². The van der Waals surface area contributed by atoms with Crippen LogP contribution in [0.2, 0.25) is 5.02 Å². The van der Waals surface area contributed by atoms with Crippen molar-refractivity contribution in [2.75, 3.05) is 0 Å². The molecule has 1 heterocycles. The van der Waals surface area contributed by atoms with Gasteiger partial charge in [0.15, 0.2) is 0 Å². The zero-order valence-corrected chi connectivity index (χ0v) is 9.83. The van der Waals surface area contributed by atoms with Crippen molar-refractivity contribution in [3.8, 4) is 0 Å². The Labute approximate surface area is 99.8 Å². The molecule has 84 valence electrons. The maximum absolute atomic E-state index is 5.82. The molecule has 0 bridgehead atoms. The van der Waals surface area contributed by atoms with E-state index >= 15 is 0 Å². The molecule has 2 aromatic rings. The molecule has 0 fully saturated rings. The number of nitrogens with zero attached hydrogens (tertiary/aromatic N) is 1. The van der Waals surface area contributed by atoms with Crippen molar-refractivity contribution in [2.24, 2.45) is 0 Å². The first-order valence-corrected chi connectivity index (χ1v) is 5.60. The fourth-order valence-electron chi connectivity index (χ4n) is 1.49. The highest BCUT2D eigenvalue weighted by Crippen LogP contribution is 2.12. The highest BCUT2D eigenvalue weighted by atomic mass is 35.5. The number of rotatable bonds is 4. The minimum Gasteiger partial charge on any atom is -0.306 e. The summed E-state index contributed by atoms with van der Waals surface area (Å²) in [6.45, 7) is 2.93. The lowest BCUT2D eigenvalue weighted by molar-refractivity contribution is 0.575. The number of aromatic nitrogens is 2. The molecule has 2 N–H and O–H groups in total. The van der Waals surface area contributed by atoms with Gasteiger partial charge in [-0.15, -0.1) is 0 Å². The van der Waals surface area contributed by atoms with E-state index in [9.17, 15) is 0 Å². The average Bonchev–Trinajstić information content (AvgIpc) is 2.81. The van der Waals surface area contributed by atoms with Crippen LogP contribution in [0.3, 0.4) is 0 Å². The lowest BCUT2D eigenvalue weighted by atomic mass is 10.1. The smallest absolute Gasteiger partial charge is 0.0534 e. The number of benzene rings is 1. The van der Waals surface area contributed by atoms with Crippen molar-refractivity contribution < 1.29 is 0 Å². The number of nitrogens with one attached hydrogen (secondary N) is 2. The molecule has 3 nitrogen and oxygen atoms in total. The zero-order valence-electron chi connectivity index (χ0n) is 9.07. The number of H-pyrrole nitrogens is 1. The first kappa shape index (κ1) is 11.2. The molecule has 1 atom stereocenters. The lowest BCUT2D eigenvalue weighted by Crippen LogP contribution is -2.17. The van der Waals surface area contributed by atoms with Crippen LogP contribution < -0.4 is 5.32 Å². The van der Waals surface area contributed by atoms with Crippen molar-refractivity contribution in [1.29, 1.82) is 0 Å². The summed E-state index contributed by atoms with van der Waals surface area (Å²) in [6.07, 6.45) is 3.74. The monoisotopic (exact) mass is 235 g/mol. The minimum absolute atomic E-state index is 0.287. The van der Waals surface area contributed by atoms with Gasteiger partial charge < -0.3 is 5.32 Å². The molecular formula is C12H14ClN3. The Morgan fingerprint density at radius 2 is 2.12 bits per heavy atom. The van der Waals surface area contributed by atoms with E-state index in [-0.39, 0.29) is 6.04 Å². The maximum Gasteiger partial charge on any atom is 0.0534 e. The quantitative estimate of drug-likeness (QED) is 0.856. The summed E-state index contributed by atoms with van der Waals surface area (Å²) in [4.78, 5) is 0. The minimum atomic E-state index is 0.287. The summed E-state index contributed by atoms with van der Waals surface area (Å²) < 4.78 is 0. The van der Waals surface area contributed by atoms with E-state index in [1.165, 1.54) is 5.56 Å². The summed E-state index contributed by atoms with van der Waals surface area (Å²) in [5.74, 6) is 0. The highest BCUT2D eigenvalue weighted by Gasteiger charge is 2.05. The standard InChI is InChI=1S/C12H14ClN3/c1-9(11-7-15-16-8-11)14-6-10-2-4-12(13)5-3-10/h2-5,7-9,14H,6H2,1H3,(H,15,16). The van der Waals surface area contributed by atoms with Gasteiger partial charge in [-0.3, -0.25) is 5.10 Å². The van der Waals surface area contributed by atoms with Crippen molar-refractivity contribution >= 4 is 11.6 Å². The largest absolute Gasteiger partial charge is 0.306 e. The van der Waals surface area contributed by atoms with Gasteiger partial charge in [0.1, 0.15) is 0 Å². The first-order valence-electron chi connectivity index (χ1n) is 5.22. The SMILES string of the molecule is CC(NCc1ccc(Cl)cc1)c1cn[nH]c1. The van der Waals surface area contributed by atoms with Gasteiger partial charge in [0.25, 0.3) is 0 Å². The van der Waals surface area contributed by atoms with Crippen LogP contribution in [-0.2, 0) is 6.54 Å².